The Kier molecular flexibility index (Phi) is 63.8. The van der Waals surface area contributed by atoms with Crippen LogP contribution in [-0.2, 0) is 28.6 Å². The fourth-order valence-electron chi connectivity index (χ4n) is 9.15. The molecule has 0 rings (SSSR count). The van der Waals surface area contributed by atoms with Crippen molar-refractivity contribution >= 4 is 17.9 Å². The normalized spacial score (nSPS) is 12.9. The SMILES string of the molecule is CC/C=C\C/C=C\C/C=C\C/C=C\C/C=C\C/C=C\C/C=C\CCCCCCCCCCCCCC(=O)OCC(COC(=O)CCCCCCC/C=C\CCCCCC)OC(=O)CCCCCCC/C=C\C/C=C\CCCCCC. The summed E-state index contributed by atoms with van der Waals surface area (Å²) in [5.41, 5.74) is 0. The first-order chi connectivity index (χ1) is 39.5. The summed E-state index contributed by atoms with van der Waals surface area (Å²) >= 11 is 0. The van der Waals surface area contributed by atoms with Gasteiger partial charge in [-0.25, -0.2) is 0 Å². The van der Waals surface area contributed by atoms with Crippen LogP contribution in [0.3, 0.4) is 0 Å². The van der Waals surface area contributed by atoms with E-state index in [2.05, 4.69) is 142 Å². The van der Waals surface area contributed by atoms with Gasteiger partial charge in [0.1, 0.15) is 13.2 Å². The molecule has 1 unspecified atom stereocenters. The Bertz CT molecular complexity index is 1650. The van der Waals surface area contributed by atoms with Crippen molar-refractivity contribution < 1.29 is 28.6 Å². The number of esters is 3. The first-order valence-electron chi connectivity index (χ1n) is 33.5. The Morgan fingerprint density at radius 3 is 0.775 bits per heavy atom. The van der Waals surface area contributed by atoms with Gasteiger partial charge in [-0.15, -0.1) is 0 Å². The summed E-state index contributed by atoms with van der Waals surface area (Å²) < 4.78 is 16.9. The number of ether oxygens (including phenoxy) is 3. The number of carbonyl (C=O) groups is 3. The van der Waals surface area contributed by atoms with Crippen molar-refractivity contribution in [2.75, 3.05) is 13.2 Å². The molecule has 0 fully saturated rings. The molecular weight excluding hydrogens is 985 g/mol. The van der Waals surface area contributed by atoms with Crippen LogP contribution in [0.2, 0.25) is 0 Å². The monoisotopic (exact) mass is 1110 g/mol. The fraction of sp³-hybridized carbons (Fsp3) is 0.689. The van der Waals surface area contributed by atoms with Crippen molar-refractivity contribution in [3.8, 4) is 0 Å². The van der Waals surface area contributed by atoms with Crippen LogP contribution in [0.15, 0.2) is 122 Å². The van der Waals surface area contributed by atoms with Gasteiger partial charge in [0.25, 0.3) is 0 Å². The molecule has 0 heterocycles. The number of hydrogen-bond acceptors (Lipinski definition) is 6. The molecule has 0 bridgehead atoms. The van der Waals surface area contributed by atoms with Crippen LogP contribution >= 0.6 is 0 Å². The predicted octanol–water partition coefficient (Wildman–Crippen LogP) is 23.2. The lowest BCUT2D eigenvalue weighted by Gasteiger charge is -2.18. The molecule has 0 aromatic rings. The van der Waals surface area contributed by atoms with Gasteiger partial charge in [-0.05, 0) is 135 Å². The first kappa shape index (κ1) is 75.8. The molecule has 0 aliphatic heterocycles. The van der Waals surface area contributed by atoms with Gasteiger partial charge in [0.2, 0.25) is 0 Å². The molecule has 0 spiro atoms. The van der Waals surface area contributed by atoms with E-state index in [9.17, 15) is 14.4 Å². The van der Waals surface area contributed by atoms with Gasteiger partial charge < -0.3 is 14.2 Å². The quantitative estimate of drug-likeness (QED) is 0.0261. The number of unbranched alkanes of at least 4 members (excludes halogenated alkanes) is 29. The maximum Gasteiger partial charge on any atom is 0.306 e. The smallest absolute Gasteiger partial charge is 0.306 e. The van der Waals surface area contributed by atoms with Crippen molar-refractivity contribution in [3.05, 3.63) is 122 Å². The van der Waals surface area contributed by atoms with Crippen LogP contribution in [0.25, 0.3) is 0 Å². The molecule has 6 heteroatoms. The molecule has 0 amide bonds. The topological polar surface area (TPSA) is 78.9 Å². The van der Waals surface area contributed by atoms with Gasteiger partial charge in [0.05, 0.1) is 0 Å². The molecule has 0 N–H and O–H groups in total. The van der Waals surface area contributed by atoms with E-state index < -0.39 is 6.10 Å². The summed E-state index contributed by atoms with van der Waals surface area (Å²) in [6.07, 6.45) is 93.5. The summed E-state index contributed by atoms with van der Waals surface area (Å²) in [4.78, 5) is 38.3. The number of hydrogen-bond donors (Lipinski definition) is 0. The third-order valence-electron chi connectivity index (χ3n) is 14.2. The highest BCUT2D eigenvalue weighted by molar-refractivity contribution is 5.71. The van der Waals surface area contributed by atoms with Crippen molar-refractivity contribution in [2.45, 2.75) is 316 Å². The van der Waals surface area contributed by atoms with Gasteiger partial charge >= 0.3 is 17.9 Å². The zero-order valence-corrected chi connectivity index (χ0v) is 52.3. The Labute approximate surface area is 494 Å². The van der Waals surface area contributed by atoms with E-state index in [-0.39, 0.29) is 31.1 Å². The van der Waals surface area contributed by atoms with Crippen LogP contribution in [-0.4, -0.2) is 37.2 Å². The highest BCUT2D eigenvalue weighted by Gasteiger charge is 2.19. The minimum absolute atomic E-state index is 0.0882. The van der Waals surface area contributed by atoms with Crippen molar-refractivity contribution in [2.24, 2.45) is 0 Å². The Morgan fingerprint density at radius 1 is 0.263 bits per heavy atom. The van der Waals surface area contributed by atoms with E-state index >= 15 is 0 Å². The van der Waals surface area contributed by atoms with Gasteiger partial charge in [-0.1, -0.05) is 277 Å². The first-order valence-corrected chi connectivity index (χ1v) is 33.5. The summed E-state index contributed by atoms with van der Waals surface area (Å²) in [5.74, 6) is -0.907. The molecule has 0 aromatic carbocycles. The van der Waals surface area contributed by atoms with Crippen LogP contribution in [0, 0.1) is 0 Å². The second-order valence-corrected chi connectivity index (χ2v) is 22.0. The van der Waals surface area contributed by atoms with E-state index in [1.54, 1.807) is 0 Å². The largest absolute Gasteiger partial charge is 0.462 e. The molecule has 0 saturated carbocycles. The summed E-state index contributed by atoms with van der Waals surface area (Å²) in [5, 5.41) is 0. The van der Waals surface area contributed by atoms with Crippen LogP contribution in [0.4, 0.5) is 0 Å². The van der Waals surface area contributed by atoms with E-state index in [4.69, 9.17) is 14.2 Å². The van der Waals surface area contributed by atoms with E-state index in [0.29, 0.717) is 19.3 Å². The lowest BCUT2D eigenvalue weighted by Crippen LogP contribution is -2.30. The summed E-state index contributed by atoms with van der Waals surface area (Å²) in [7, 11) is 0. The van der Waals surface area contributed by atoms with E-state index in [1.165, 1.54) is 135 Å². The highest BCUT2D eigenvalue weighted by Crippen LogP contribution is 2.16. The number of allylic oxidation sites excluding steroid dienone is 20. The third-order valence-corrected chi connectivity index (χ3v) is 14.2. The van der Waals surface area contributed by atoms with E-state index in [0.717, 1.165) is 135 Å². The third kappa shape index (κ3) is 64.6. The molecule has 6 nitrogen and oxygen atoms in total. The average molecular weight is 1110 g/mol. The molecule has 0 radical (unpaired) electrons. The molecular formula is C74H124O6. The maximum atomic E-state index is 12.9. The standard InChI is InChI=1S/C74H124O6/c1-4-7-10-13-16-19-22-25-27-29-30-31-32-33-34-35-36-37-38-39-40-41-42-43-44-45-47-49-52-55-58-61-64-67-73(76)79-70-71(69-78-72(75)66-63-60-57-54-51-48-24-21-18-15-12-9-6-3)80-74(77)68-65-62-59-56-53-50-46-28-26-23-20-17-14-11-8-5-2/h7,10,16,19-21,23-25,27-28,30-31,33-34,36-37,39-40,46,71H,4-6,8-9,11-15,17-18,22,26,29,32,35,38,41-45,47-70H2,1-3H3/b10-7-,19-16-,23-20-,24-21-,27-25-,31-30-,34-33-,37-36-,40-39-,46-28-. The average Bonchev–Trinajstić information content (AvgIpc) is 3.46. The van der Waals surface area contributed by atoms with Gasteiger partial charge in [-0.3, -0.25) is 14.4 Å². The molecule has 456 valence electrons. The lowest BCUT2D eigenvalue weighted by molar-refractivity contribution is -0.167. The molecule has 80 heavy (non-hydrogen) atoms. The molecule has 0 aliphatic carbocycles. The minimum atomic E-state index is -0.792. The fourth-order valence-corrected chi connectivity index (χ4v) is 9.15. The van der Waals surface area contributed by atoms with Crippen LogP contribution < -0.4 is 0 Å². The predicted molar refractivity (Wildman–Crippen MR) is 348 cm³/mol. The van der Waals surface area contributed by atoms with Crippen LogP contribution in [0.1, 0.15) is 310 Å². The lowest BCUT2D eigenvalue weighted by atomic mass is 10.0. The Hall–Kier alpha value is -4.19. The van der Waals surface area contributed by atoms with E-state index in [1.807, 2.05) is 0 Å². The van der Waals surface area contributed by atoms with Crippen molar-refractivity contribution in [1.29, 1.82) is 0 Å². The molecule has 0 aliphatic rings. The summed E-state index contributed by atoms with van der Waals surface area (Å²) in [6.45, 7) is 6.49. The Balaban J connectivity index is 4.25. The summed E-state index contributed by atoms with van der Waals surface area (Å²) in [6, 6.07) is 0. The number of rotatable bonds is 60. The molecule has 0 aromatic heterocycles. The molecule has 1 atom stereocenters. The number of carbonyl (C=O) groups excluding carboxylic acids is 3. The molecule has 0 saturated heterocycles. The van der Waals surface area contributed by atoms with Gasteiger partial charge in [-0.2, -0.15) is 0 Å². The minimum Gasteiger partial charge on any atom is -0.462 e. The zero-order chi connectivity index (χ0) is 57.8. The van der Waals surface area contributed by atoms with Crippen LogP contribution in [0.5, 0.6) is 0 Å². The second kappa shape index (κ2) is 67.3. The van der Waals surface area contributed by atoms with Crippen molar-refractivity contribution in [1.82, 2.24) is 0 Å². The maximum absolute atomic E-state index is 12.9. The van der Waals surface area contributed by atoms with Gasteiger partial charge in [0, 0.05) is 19.3 Å². The second-order valence-electron chi connectivity index (χ2n) is 22.0. The highest BCUT2D eigenvalue weighted by atomic mass is 16.6. The van der Waals surface area contributed by atoms with Crippen molar-refractivity contribution in [3.63, 3.8) is 0 Å². The zero-order valence-electron chi connectivity index (χ0n) is 52.3. The van der Waals surface area contributed by atoms with Gasteiger partial charge in [0.15, 0.2) is 6.10 Å². The Morgan fingerprint density at radius 2 is 0.487 bits per heavy atom.